The molecule has 2 heterocycles. The first-order chi connectivity index (χ1) is 11.8. The predicted octanol–water partition coefficient (Wildman–Crippen LogP) is 2.28. The minimum absolute atomic E-state index is 0. The summed E-state index contributed by atoms with van der Waals surface area (Å²) in [5.74, 6) is 0.870. The summed E-state index contributed by atoms with van der Waals surface area (Å²) < 4.78 is 10.9. The van der Waals surface area contributed by atoms with Crippen molar-refractivity contribution >= 4 is 40.7 Å². The van der Waals surface area contributed by atoms with E-state index >= 15 is 0 Å². The number of methoxy groups -OCH3 is 1. The molecule has 136 valence electrons. The fourth-order valence-electron chi connectivity index (χ4n) is 3.02. The van der Waals surface area contributed by atoms with Gasteiger partial charge < -0.3 is 19.7 Å². The first-order valence-electron chi connectivity index (χ1n) is 8.20. The molecular weight excluding hydrogens is 431 g/mol. The third-order valence-corrected chi connectivity index (χ3v) is 4.17. The third kappa shape index (κ3) is 5.02. The Morgan fingerprint density at radius 3 is 3.04 bits per heavy atom. The fourth-order valence-corrected chi connectivity index (χ4v) is 3.02. The van der Waals surface area contributed by atoms with Crippen LogP contribution in [0.15, 0.2) is 41.5 Å². The van der Waals surface area contributed by atoms with E-state index in [0.717, 1.165) is 24.7 Å². The molecule has 1 fully saturated rings. The Balaban J connectivity index is 0.00000225. The molecule has 7 heteroatoms. The van der Waals surface area contributed by atoms with E-state index in [1.54, 1.807) is 14.2 Å². The number of aliphatic imine (C=N–C) groups is 1. The van der Waals surface area contributed by atoms with Gasteiger partial charge in [0, 0.05) is 38.8 Å². The Morgan fingerprint density at radius 1 is 1.40 bits per heavy atom. The average Bonchev–Trinajstić information content (AvgIpc) is 2.63. The highest BCUT2D eigenvalue weighted by Gasteiger charge is 2.22. The molecule has 1 saturated heterocycles. The van der Waals surface area contributed by atoms with Gasteiger partial charge in [0.15, 0.2) is 5.96 Å². The highest BCUT2D eigenvalue weighted by molar-refractivity contribution is 14.0. The highest BCUT2D eigenvalue weighted by atomic mass is 127. The quantitative estimate of drug-likeness (QED) is 0.435. The van der Waals surface area contributed by atoms with E-state index in [1.807, 2.05) is 24.4 Å². The molecule has 3 rings (SSSR count). The maximum Gasteiger partial charge on any atom is 0.194 e. The van der Waals surface area contributed by atoms with Crippen LogP contribution in [0.4, 0.5) is 0 Å². The molecule has 0 aliphatic carbocycles. The van der Waals surface area contributed by atoms with Crippen LogP contribution >= 0.6 is 24.0 Å². The summed E-state index contributed by atoms with van der Waals surface area (Å²) >= 11 is 0. The molecule has 0 amide bonds. The lowest BCUT2D eigenvalue weighted by atomic mass is 10.1. The molecule has 1 aliphatic heterocycles. The highest BCUT2D eigenvalue weighted by Crippen LogP contribution is 2.16. The van der Waals surface area contributed by atoms with Gasteiger partial charge in [-0.25, -0.2) is 0 Å². The topological polar surface area (TPSA) is 59.0 Å². The van der Waals surface area contributed by atoms with E-state index in [9.17, 15) is 0 Å². The largest absolute Gasteiger partial charge is 0.382 e. The average molecular weight is 456 g/mol. The van der Waals surface area contributed by atoms with E-state index in [1.165, 1.54) is 10.8 Å². The molecule has 1 unspecified atom stereocenters. The SMILES string of the molecule is CN=C(NCc1nccc2ccccc12)N1CCOC(COC)C1.I. The zero-order valence-electron chi connectivity index (χ0n) is 14.6. The van der Waals surface area contributed by atoms with Crippen molar-refractivity contribution in [1.82, 2.24) is 15.2 Å². The lowest BCUT2D eigenvalue weighted by Gasteiger charge is -2.34. The summed E-state index contributed by atoms with van der Waals surface area (Å²) in [6.07, 6.45) is 1.93. The Bertz CT molecular complexity index is 703. The lowest BCUT2D eigenvalue weighted by molar-refractivity contribution is -0.0447. The van der Waals surface area contributed by atoms with Crippen LogP contribution in [-0.4, -0.2) is 62.4 Å². The number of guanidine groups is 1. The number of nitrogens with one attached hydrogen (secondary N) is 1. The summed E-state index contributed by atoms with van der Waals surface area (Å²) in [6.45, 7) is 3.51. The Labute approximate surface area is 165 Å². The number of fused-ring (bicyclic) bond motifs is 1. The summed E-state index contributed by atoms with van der Waals surface area (Å²) in [4.78, 5) is 11.1. The number of morpholine rings is 1. The molecule has 1 N–H and O–H groups in total. The molecule has 1 aliphatic rings. The van der Waals surface area contributed by atoms with Gasteiger partial charge in [0.2, 0.25) is 0 Å². The molecule has 1 atom stereocenters. The molecule has 0 saturated carbocycles. The standard InChI is InChI=1S/C18H24N4O2.HI/c1-19-18(22-9-10-24-15(12-22)13-23-2)21-11-17-16-6-4-3-5-14(16)7-8-20-17;/h3-8,15H,9-13H2,1-2H3,(H,19,21);1H. The lowest BCUT2D eigenvalue weighted by Crippen LogP contribution is -2.51. The van der Waals surface area contributed by atoms with Crippen molar-refractivity contribution in [2.75, 3.05) is 40.5 Å². The minimum atomic E-state index is 0. The van der Waals surface area contributed by atoms with Crippen molar-refractivity contribution in [3.8, 4) is 0 Å². The van der Waals surface area contributed by atoms with Gasteiger partial charge in [-0.1, -0.05) is 24.3 Å². The van der Waals surface area contributed by atoms with Crippen molar-refractivity contribution in [3.63, 3.8) is 0 Å². The van der Waals surface area contributed by atoms with Crippen molar-refractivity contribution in [2.24, 2.45) is 4.99 Å². The predicted molar refractivity (Wildman–Crippen MR) is 111 cm³/mol. The van der Waals surface area contributed by atoms with Crippen LogP contribution in [-0.2, 0) is 16.0 Å². The molecule has 6 nitrogen and oxygen atoms in total. The number of nitrogens with zero attached hydrogens (tertiary/aromatic N) is 3. The molecule has 1 aromatic carbocycles. The number of aromatic nitrogens is 1. The normalized spacial score (nSPS) is 18.1. The number of hydrogen-bond acceptors (Lipinski definition) is 4. The second kappa shape index (κ2) is 9.88. The first kappa shape index (κ1) is 19.9. The van der Waals surface area contributed by atoms with Gasteiger partial charge in [-0.05, 0) is 11.5 Å². The van der Waals surface area contributed by atoms with Crippen LogP contribution in [0.5, 0.6) is 0 Å². The van der Waals surface area contributed by atoms with Gasteiger partial charge in [-0.15, -0.1) is 24.0 Å². The Hall–Kier alpha value is -1.45. The number of rotatable bonds is 4. The summed E-state index contributed by atoms with van der Waals surface area (Å²) in [6, 6.07) is 10.3. The molecule has 0 radical (unpaired) electrons. The second-order valence-electron chi connectivity index (χ2n) is 5.77. The van der Waals surface area contributed by atoms with Crippen molar-refractivity contribution in [3.05, 3.63) is 42.2 Å². The van der Waals surface area contributed by atoms with E-state index in [4.69, 9.17) is 9.47 Å². The molecule has 0 spiro atoms. The zero-order chi connectivity index (χ0) is 16.8. The van der Waals surface area contributed by atoms with Crippen molar-refractivity contribution in [2.45, 2.75) is 12.6 Å². The third-order valence-electron chi connectivity index (χ3n) is 4.17. The van der Waals surface area contributed by atoms with Gasteiger partial charge in [-0.2, -0.15) is 0 Å². The Kier molecular flexibility index (Phi) is 7.86. The molecule has 2 aromatic rings. The van der Waals surface area contributed by atoms with Crippen molar-refractivity contribution in [1.29, 1.82) is 0 Å². The van der Waals surface area contributed by atoms with E-state index in [-0.39, 0.29) is 30.1 Å². The summed E-state index contributed by atoms with van der Waals surface area (Å²) in [5, 5.41) is 5.80. The van der Waals surface area contributed by atoms with Crippen LogP contribution in [0.1, 0.15) is 5.69 Å². The molecule has 0 bridgehead atoms. The second-order valence-corrected chi connectivity index (χ2v) is 5.77. The van der Waals surface area contributed by atoms with Crippen LogP contribution in [0.2, 0.25) is 0 Å². The minimum Gasteiger partial charge on any atom is -0.382 e. The monoisotopic (exact) mass is 456 g/mol. The first-order valence-corrected chi connectivity index (χ1v) is 8.20. The smallest absolute Gasteiger partial charge is 0.194 e. The van der Waals surface area contributed by atoms with Gasteiger partial charge in [0.1, 0.15) is 0 Å². The molecular formula is C18H25IN4O2. The van der Waals surface area contributed by atoms with E-state index in [0.29, 0.717) is 19.8 Å². The van der Waals surface area contributed by atoms with Crippen LogP contribution in [0, 0.1) is 0 Å². The summed E-state index contributed by atoms with van der Waals surface area (Å²) in [7, 11) is 3.50. The van der Waals surface area contributed by atoms with E-state index in [2.05, 4.69) is 32.3 Å². The van der Waals surface area contributed by atoms with Crippen molar-refractivity contribution < 1.29 is 9.47 Å². The summed E-state index contributed by atoms with van der Waals surface area (Å²) in [5.41, 5.74) is 1.02. The zero-order valence-corrected chi connectivity index (χ0v) is 17.0. The van der Waals surface area contributed by atoms with Crippen LogP contribution < -0.4 is 5.32 Å². The number of halogens is 1. The van der Waals surface area contributed by atoms with Crippen LogP contribution in [0.3, 0.4) is 0 Å². The number of ether oxygens (including phenoxy) is 2. The van der Waals surface area contributed by atoms with Gasteiger partial charge in [0.05, 0.1) is 31.6 Å². The van der Waals surface area contributed by atoms with E-state index < -0.39 is 0 Å². The molecule has 25 heavy (non-hydrogen) atoms. The van der Waals surface area contributed by atoms with Gasteiger partial charge in [0.25, 0.3) is 0 Å². The van der Waals surface area contributed by atoms with Gasteiger partial charge in [-0.3, -0.25) is 9.98 Å². The van der Waals surface area contributed by atoms with Crippen LogP contribution in [0.25, 0.3) is 10.8 Å². The number of pyridine rings is 1. The maximum absolute atomic E-state index is 5.70. The molecule has 1 aromatic heterocycles. The Morgan fingerprint density at radius 2 is 2.24 bits per heavy atom. The van der Waals surface area contributed by atoms with Gasteiger partial charge >= 0.3 is 0 Å². The number of benzene rings is 1. The maximum atomic E-state index is 5.70. The fraction of sp³-hybridized carbons (Fsp3) is 0.444. The number of hydrogen-bond donors (Lipinski definition) is 1.